The van der Waals surface area contributed by atoms with Gasteiger partial charge in [0.15, 0.2) is 5.65 Å². The van der Waals surface area contributed by atoms with Crippen molar-refractivity contribution in [3.05, 3.63) is 11.5 Å². The maximum atomic E-state index is 5.96. The van der Waals surface area contributed by atoms with Crippen LogP contribution in [0.15, 0.2) is 6.20 Å². The monoisotopic (exact) mass is 280 g/mol. The van der Waals surface area contributed by atoms with E-state index in [1.165, 1.54) is 13.0 Å². The van der Waals surface area contributed by atoms with E-state index in [2.05, 4.69) is 37.0 Å². The normalized spacial score (nSPS) is 20.3. The lowest BCUT2D eigenvalue weighted by Crippen LogP contribution is -2.28. The number of anilines is 1. The minimum absolute atomic E-state index is 0.252. The van der Waals surface area contributed by atoms with Gasteiger partial charge >= 0.3 is 0 Å². The molecule has 102 valence electrons. The number of nitrogens with one attached hydrogen (secondary N) is 1. The van der Waals surface area contributed by atoms with Crippen molar-refractivity contribution in [2.75, 3.05) is 38.6 Å². The molecule has 0 amide bonds. The third-order valence-electron chi connectivity index (χ3n) is 3.64. The third-order valence-corrected chi connectivity index (χ3v) is 3.81. The molecule has 0 saturated carbocycles. The largest absolute Gasteiger partial charge is 0.359 e. The Morgan fingerprint density at radius 2 is 2.37 bits per heavy atom. The quantitative estimate of drug-likeness (QED) is 0.861. The predicted molar refractivity (Wildman–Crippen MR) is 75.6 cm³/mol. The van der Waals surface area contributed by atoms with Gasteiger partial charge < -0.3 is 9.80 Å². The van der Waals surface area contributed by atoms with Gasteiger partial charge in [0.1, 0.15) is 5.82 Å². The number of rotatable bonds is 3. The van der Waals surface area contributed by atoms with Crippen LogP contribution in [0.1, 0.15) is 6.42 Å². The first-order chi connectivity index (χ1) is 9.13. The van der Waals surface area contributed by atoms with Gasteiger partial charge in [-0.15, -0.1) is 0 Å². The highest BCUT2D eigenvalue weighted by molar-refractivity contribution is 6.28. The zero-order valence-electron chi connectivity index (χ0n) is 11.1. The number of aromatic nitrogens is 4. The Morgan fingerprint density at radius 1 is 1.53 bits per heavy atom. The molecule has 2 aromatic rings. The molecule has 7 heteroatoms. The van der Waals surface area contributed by atoms with Crippen molar-refractivity contribution < 1.29 is 0 Å². The highest BCUT2D eigenvalue weighted by Crippen LogP contribution is 2.25. The summed E-state index contributed by atoms with van der Waals surface area (Å²) in [5.41, 5.74) is 0.686. The molecule has 1 unspecified atom stereocenters. The van der Waals surface area contributed by atoms with E-state index in [0.717, 1.165) is 24.3 Å². The van der Waals surface area contributed by atoms with E-state index in [-0.39, 0.29) is 5.28 Å². The van der Waals surface area contributed by atoms with Crippen molar-refractivity contribution in [2.24, 2.45) is 5.92 Å². The van der Waals surface area contributed by atoms with Crippen LogP contribution in [0, 0.1) is 5.92 Å². The average Bonchev–Trinajstić information content (AvgIpc) is 2.96. The van der Waals surface area contributed by atoms with E-state index in [9.17, 15) is 0 Å². The average molecular weight is 281 g/mol. The van der Waals surface area contributed by atoms with Crippen molar-refractivity contribution in [1.29, 1.82) is 0 Å². The molecule has 0 aromatic carbocycles. The maximum absolute atomic E-state index is 5.96. The molecular weight excluding hydrogens is 264 g/mol. The molecule has 3 heterocycles. The van der Waals surface area contributed by atoms with Crippen LogP contribution >= 0.6 is 11.6 Å². The van der Waals surface area contributed by atoms with Gasteiger partial charge in [0.2, 0.25) is 5.28 Å². The van der Waals surface area contributed by atoms with Crippen molar-refractivity contribution in [3.63, 3.8) is 0 Å². The molecule has 1 saturated heterocycles. The Kier molecular flexibility index (Phi) is 3.28. The standard InChI is InChI=1S/C12H17ClN6/c1-18-4-3-8(6-18)7-19(2)11-9-5-14-17-10(9)15-12(13)16-11/h5,8H,3-4,6-7H2,1-2H3,(H,14,15,16,17). The van der Waals surface area contributed by atoms with E-state index in [1.54, 1.807) is 6.20 Å². The minimum Gasteiger partial charge on any atom is -0.359 e. The second-order valence-electron chi connectivity index (χ2n) is 5.25. The number of halogens is 1. The highest BCUT2D eigenvalue weighted by atomic mass is 35.5. The maximum Gasteiger partial charge on any atom is 0.226 e. The molecule has 1 fully saturated rings. The lowest BCUT2D eigenvalue weighted by atomic mass is 10.1. The first-order valence-electron chi connectivity index (χ1n) is 6.40. The molecule has 0 aliphatic carbocycles. The zero-order chi connectivity index (χ0) is 13.4. The number of fused-ring (bicyclic) bond motifs is 1. The van der Waals surface area contributed by atoms with Gasteiger partial charge in [-0.1, -0.05) is 0 Å². The summed E-state index contributed by atoms with van der Waals surface area (Å²) in [6, 6.07) is 0. The van der Waals surface area contributed by atoms with Crippen LogP contribution in [0.25, 0.3) is 11.0 Å². The summed E-state index contributed by atoms with van der Waals surface area (Å²) in [7, 11) is 4.21. The molecule has 1 aliphatic heterocycles. The molecule has 19 heavy (non-hydrogen) atoms. The molecule has 0 radical (unpaired) electrons. The topological polar surface area (TPSA) is 60.9 Å². The molecule has 1 aliphatic rings. The summed E-state index contributed by atoms with van der Waals surface area (Å²) >= 11 is 5.96. The van der Waals surface area contributed by atoms with Crippen molar-refractivity contribution in [1.82, 2.24) is 25.1 Å². The van der Waals surface area contributed by atoms with E-state index < -0.39 is 0 Å². The molecule has 0 spiro atoms. The van der Waals surface area contributed by atoms with E-state index >= 15 is 0 Å². The molecule has 2 aromatic heterocycles. The van der Waals surface area contributed by atoms with Crippen LogP contribution in [0.2, 0.25) is 5.28 Å². The highest BCUT2D eigenvalue weighted by Gasteiger charge is 2.22. The zero-order valence-corrected chi connectivity index (χ0v) is 11.9. The van der Waals surface area contributed by atoms with E-state index in [4.69, 9.17) is 11.6 Å². The summed E-state index contributed by atoms with van der Waals surface area (Å²) < 4.78 is 0. The third kappa shape index (κ3) is 2.50. The molecule has 0 bridgehead atoms. The van der Waals surface area contributed by atoms with Crippen molar-refractivity contribution in [3.8, 4) is 0 Å². The van der Waals surface area contributed by atoms with Gasteiger partial charge in [0.05, 0.1) is 11.6 Å². The molecule has 1 atom stereocenters. The summed E-state index contributed by atoms with van der Waals surface area (Å²) in [6.07, 6.45) is 2.98. The number of likely N-dealkylation sites (tertiary alicyclic amines) is 1. The van der Waals surface area contributed by atoms with Gasteiger partial charge in [-0.2, -0.15) is 15.1 Å². The van der Waals surface area contributed by atoms with Crippen LogP contribution in [0.3, 0.4) is 0 Å². The van der Waals surface area contributed by atoms with Gasteiger partial charge in [0, 0.05) is 20.1 Å². The van der Waals surface area contributed by atoms with Crippen LogP contribution < -0.4 is 4.90 Å². The first kappa shape index (κ1) is 12.6. The fourth-order valence-electron chi connectivity index (χ4n) is 2.73. The van der Waals surface area contributed by atoms with Crippen molar-refractivity contribution >= 4 is 28.5 Å². The summed E-state index contributed by atoms with van der Waals surface area (Å²) in [5.74, 6) is 1.52. The van der Waals surface area contributed by atoms with Gasteiger partial charge in [0.25, 0.3) is 0 Å². The van der Waals surface area contributed by atoms with Crippen LogP contribution in [0.5, 0.6) is 0 Å². The second kappa shape index (κ2) is 4.94. The number of nitrogens with zero attached hydrogens (tertiary/aromatic N) is 5. The fourth-order valence-corrected chi connectivity index (χ4v) is 2.90. The number of hydrogen-bond donors (Lipinski definition) is 1. The summed E-state index contributed by atoms with van der Waals surface area (Å²) in [5, 5.41) is 8.01. The first-order valence-corrected chi connectivity index (χ1v) is 6.77. The van der Waals surface area contributed by atoms with Crippen LogP contribution in [-0.2, 0) is 0 Å². The smallest absolute Gasteiger partial charge is 0.226 e. The van der Waals surface area contributed by atoms with Crippen LogP contribution in [-0.4, -0.2) is 58.8 Å². The molecule has 1 N–H and O–H groups in total. The second-order valence-corrected chi connectivity index (χ2v) is 5.58. The lowest BCUT2D eigenvalue weighted by molar-refractivity contribution is 0.395. The molecule has 3 rings (SSSR count). The van der Waals surface area contributed by atoms with Gasteiger partial charge in [-0.05, 0) is 37.5 Å². The molecular formula is C12H17ClN6. The Hall–Kier alpha value is -1.40. The van der Waals surface area contributed by atoms with Crippen LogP contribution in [0.4, 0.5) is 5.82 Å². The Balaban J connectivity index is 1.84. The SMILES string of the molecule is CN1CCC(CN(C)c2nc(Cl)nc3[nH]ncc23)C1. The number of aromatic amines is 1. The van der Waals surface area contributed by atoms with E-state index in [0.29, 0.717) is 11.6 Å². The Morgan fingerprint density at radius 3 is 3.11 bits per heavy atom. The Bertz CT molecular complexity index is 583. The fraction of sp³-hybridized carbons (Fsp3) is 0.583. The van der Waals surface area contributed by atoms with Gasteiger partial charge in [-0.25, -0.2) is 0 Å². The molecule has 6 nitrogen and oxygen atoms in total. The summed E-state index contributed by atoms with van der Waals surface area (Å²) in [4.78, 5) is 13.0. The number of H-pyrrole nitrogens is 1. The van der Waals surface area contributed by atoms with Gasteiger partial charge in [-0.3, -0.25) is 5.10 Å². The summed E-state index contributed by atoms with van der Waals surface area (Å²) in [6.45, 7) is 3.28. The Labute approximate surface area is 116 Å². The van der Waals surface area contributed by atoms with Crippen molar-refractivity contribution in [2.45, 2.75) is 6.42 Å². The lowest BCUT2D eigenvalue weighted by Gasteiger charge is -2.22. The number of hydrogen-bond acceptors (Lipinski definition) is 5. The van der Waals surface area contributed by atoms with E-state index in [1.807, 2.05) is 7.05 Å². The predicted octanol–water partition coefficient (Wildman–Crippen LogP) is 1.39. The minimum atomic E-state index is 0.252.